The number of rotatable bonds is 3. The molecule has 0 aromatic heterocycles. The van der Waals surface area contributed by atoms with Gasteiger partial charge in [0.15, 0.2) is 0 Å². The molecule has 1 aromatic carbocycles. The second kappa shape index (κ2) is 5.05. The molecule has 1 aromatic rings. The summed E-state index contributed by atoms with van der Waals surface area (Å²) >= 11 is 0. The van der Waals surface area contributed by atoms with E-state index in [1.165, 1.54) is 25.3 Å². The first-order chi connectivity index (χ1) is 8.16. The van der Waals surface area contributed by atoms with Crippen molar-refractivity contribution in [2.24, 2.45) is 0 Å². The average Bonchev–Trinajstić information content (AvgIpc) is 2.33. The van der Waals surface area contributed by atoms with Gasteiger partial charge in [-0.15, -0.1) is 0 Å². The molecule has 1 saturated heterocycles. The molecule has 0 unspecified atom stereocenters. The van der Waals surface area contributed by atoms with E-state index in [0.29, 0.717) is 5.69 Å². The molecule has 1 aliphatic rings. The summed E-state index contributed by atoms with van der Waals surface area (Å²) in [5.74, 6) is -0.957. The van der Waals surface area contributed by atoms with Crippen molar-refractivity contribution in [1.29, 1.82) is 0 Å². The van der Waals surface area contributed by atoms with Gasteiger partial charge < -0.3 is 16.3 Å². The van der Waals surface area contributed by atoms with Gasteiger partial charge in [-0.3, -0.25) is 0 Å². The van der Waals surface area contributed by atoms with E-state index in [1.807, 2.05) is 0 Å². The molecule has 1 aliphatic heterocycles. The Morgan fingerprint density at radius 3 is 2.59 bits per heavy atom. The van der Waals surface area contributed by atoms with Crippen LogP contribution in [0.2, 0.25) is 0 Å². The van der Waals surface area contributed by atoms with Crippen LogP contribution < -0.4 is 11.2 Å². The van der Waals surface area contributed by atoms with Crippen LogP contribution >= 0.6 is 0 Å². The molecule has 0 radical (unpaired) electrons. The van der Waals surface area contributed by atoms with Gasteiger partial charge >= 0.3 is 5.97 Å². The van der Waals surface area contributed by atoms with Crippen molar-refractivity contribution < 1.29 is 9.90 Å². The maximum absolute atomic E-state index is 10.8. The Hall–Kier alpha value is -1.75. The molecule has 0 atom stereocenters. The van der Waals surface area contributed by atoms with Gasteiger partial charge in [0.2, 0.25) is 0 Å². The van der Waals surface area contributed by atoms with Gasteiger partial charge in [-0.05, 0) is 31.0 Å². The van der Waals surface area contributed by atoms with Crippen LogP contribution in [-0.4, -0.2) is 29.2 Å². The van der Waals surface area contributed by atoms with Gasteiger partial charge in [0.25, 0.3) is 0 Å². The first-order valence-electron chi connectivity index (χ1n) is 5.81. The molecule has 0 bridgehead atoms. The maximum atomic E-state index is 10.8. The lowest BCUT2D eigenvalue weighted by atomic mass is 10.1. The highest BCUT2D eigenvalue weighted by Gasteiger charge is 2.12. The number of carbonyl (C=O) groups is 1. The molecule has 1 heterocycles. The zero-order chi connectivity index (χ0) is 12.3. The van der Waals surface area contributed by atoms with Crippen LogP contribution in [0.4, 0.5) is 11.4 Å². The van der Waals surface area contributed by atoms with Crippen molar-refractivity contribution in [1.82, 2.24) is 5.01 Å². The minimum Gasteiger partial charge on any atom is -0.478 e. The minimum absolute atomic E-state index is 0.215. The number of anilines is 2. The largest absolute Gasteiger partial charge is 0.478 e. The standard InChI is InChI=1S/C12H17N3O2/c13-10-8-9(12(16)17)4-5-11(10)14-15-6-2-1-3-7-15/h4-5,8,14H,1-3,6-7,13H2,(H,16,17). The first kappa shape index (κ1) is 11.7. The summed E-state index contributed by atoms with van der Waals surface area (Å²) in [4.78, 5) is 10.8. The summed E-state index contributed by atoms with van der Waals surface area (Å²) in [6, 6.07) is 4.76. The number of nitrogens with zero attached hydrogens (tertiary/aromatic N) is 1. The quantitative estimate of drug-likeness (QED) is 0.696. The van der Waals surface area contributed by atoms with E-state index in [0.717, 1.165) is 18.8 Å². The van der Waals surface area contributed by atoms with Gasteiger partial charge in [0.05, 0.1) is 16.9 Å². The fraction of sp³-hybridized carbons (Fsp3) is 0.417. The third-order valence-corrected chi connectivity index (χ3v) is 2.93. The van der Waals surface area contributed by atoms with Gasteiger partial charge in [0.1, 0.15) is 0 Å². The van der Waals surface area contributed by atoms with Crippen LogP contribution in [0.25, 0.3) is 0 Å². The monoisotopic (exact) mass is 235 g/mol. The molecule has 4 N–H and O–H groups in total. The second-order valence-electron chi connectivity index (χ2n) is 4.27. The Morgan fingerprint density at radius 1 is 1.29 bits per heavy atom. The van der Waals surface area contributed by atoms with Crippen molar-refractivity contribution in [2.75, 3.05) is 24.2 Å². The molecule has 0 spiro atoms. The van der Waals surface area contributed by atoms with Crippen LogP contribution in [0.1, 0.15) is 29.6 Å². The molecule has 17 heavy (non-hydrogen) atoms. The van der Waals surface area contributed by atoms with E-state index >= 15 is 0 Å². The Kier molecular flexibility index (Phi) is 3.49. The van der Waals surface area contributed by atoms with E-state index in [1.54, 1.807) is 12.1 Å². The fourth-order valence-electron chi connectivity index (χ4n) is 1.97. The van der Waals surface area contributed by atoms with Gasteiger partial charge in [-0.1, -0.05) is 6.42 Å². The number of carboxylic acids is 1. The van der Waals surface area contributed by atoms with E-state index in [-0.39, 0.29) is 5.56 Å². The SMILES string of the molecule is Nc1cc(C(=O)O)ccc1NN1CCCCC1. The minimum atomic E-state index is -0.957. The Labute approximate surface area is 100 Å². The predicted molar refractivity (Wildman–Crippen MR) is 66.9 cm³/mol. The van der Waals surface area contributed by atoms with Crippen molar-refractivity contribution in [3.05, 3.63) is 23.8 Å². The molecule has 0 aliphatic carbocycles. The number of benzene rings is 1. The number of nitrogen functional groups attached to an aromatic ring is 1. The number of hydrogen-bond donors (Lipinski definition) is 3. The molecule has 2 rings (SSSR count). The highest BCUT2D eigenvalue weighted by molar-refractivity contribution is 5.90. The molecular weight excluding hydrogens is 218 g/mol. The Morgan fingerprint density at radius 2 is 2.00 bits per heavy atom. The van der Waals surface area contributed by atoms with Gasteiger partial charge in [-0.25, -0.2) is 9.80 Å². The van der Waals surface area contributed by atoms with Crippen LogP contribution in [0.5, 0.6) is 0 Å². The van der Waals surface area contributed by atoms with Gasteiger partial charge in [0, 0.05) is 13.1 Å². The fourth-order valence-corrected chi connectivity index (χ4v) is 1.97. The number of hydrazine groups is 1. The lowest BCUT2D eigenvalue weighted by molar-refractivity contribution is 0.0697. The normalized spacial score (nSPS) is 16.7. The van der Waals surface area contributed by atoms with Crippen LogP contribution in [0.15, 0.2) is 18.2 Å². The predicted octanol–water partition coefficient (Wildman–Crippen LogP) is 1.78. The summed E-state index contributed by atoms with van der Waals surface area (Å²) in [5, 5.41) is 11.0. The molecule has 92 valence electrons. The Bertz CT molecular complexity index is 414. The molecule has 0 amide bonds. The first-order valence-corrected chi connectivity index (χ1v) is 5.81. The van der Waals surface area contributed by atoms with Crippen molar-refractivity contribution in [2.45, 2.75) is 19.3 Å². The second-order valence-corrected chi connectivity index (χ2v) is 4.27. The maximum Gasteiger partial charge on any atom is 0.335 e. The van der Waals surface area contributed by atoms with Crippen molar-refractivity contribution in [3.8, 4) is 0 Å². The van der Waals surface area contributed by atoms with E-state index in [2.05, 4.69) is 10.4 Å². The summed E-state index contributed by atoms with van der Waals surface area (Å²) in [7, 11) is 0. The number of piperidine rings is 1. The van der Waals surface area contributed by atoms with Crippen molar-refractivity contribution >= 4 is 17.3 Å². The third kappa shape index (κ3) is 2.88. The van der Waals surface area contributed by atoms with Crippen LogP contribution in [0.3, 0.4) is 0 Å². The van der Waals surface area contributed by atoms with E-state index in [4.69, 9.17) is 10.8 Å². The summed E-state index contributed by atoms with van der Waals surface area (Å²) < 4.78 is 0. The highest BCUT2D eigenvalue weighted by Crippen LogP contribution is 2.21. The van der Waals surface area contributed by atoms with E-state index in [9.17, 15) is 4.79 Å². The average molecular weight is 235 g/mol. The Balaban J connectivity index is 2.08. The molecule has 1 fully saturated rings. The summed E-state index contributed by atoms with van der Waals surface area (Å²) in [6.07, 6.45) is 3.63. The molecule has 5 heteroatoms. The van der Waals surface area contributed by atoms with Crippen LogP contribution in [-0.2, 0) is 0 Å². The lowest BCUT2D eigenvalue weighted by Crippen LogP contribution is -2.35. The number of aromatic carboxylic acids is 1. The van der Waals surface area contributed by atoms with E-state index < -0.39 is 5.97 Å². The molecule has 5 nitrogen and oxygen atoms in total. The molecule has 0 saturated carbocycles. The number of nitrogens with one attached hydrogen (secondary N) is 1. The number of carboxylic acid groups (broad SMARTS) is 1. The molecular formula is C12H17N3O2. The lowest BCUT2D eigenvalue weighted by Gasteiger charge is -2.28. The zero-order valence-electron chi connectivity index (χ0n) is 9.65. The summed E-state index contributed by atoms with van der Waals surface area (Å²) in [5.41, 5.74) is 10.5. The topological polar surface area (TPSA) is 78.6 Å². The zero-order valence-corrected chi connectivity index (χ0v) is 9.65. The third-order valence-electron chi connectivity index (χ3n) is 2.93. The van der Waals surface area contributed by atoms with Crippen molar-refractivity contribution in [3.63, 3.8) is 0 Å². The van der Waals surface area contributed by atoms with Gasteiger partial charge in [-0.2, -0.15) is 0 Å². The number of hydrogen-bond acceptors (Lipinski definition) is 4. The highest BCUT2D eigenvalue weighted by atomic mass is 16.4. The number of nitrogens with two attached hydrogens (primary N) is 1. The summed E-state index contributed by atoms with van der Waals surface area (Å²) in [6.45, 7) is 2.00. The van der Waals surface area contributed by atoms with Crippen LogP contribution in [0, 0.1) is 0 Å². The smallest absolute Gasteiger partial charge is 0.335 e.